The van der Waals surface area contributed by atoms with Crippen molar-refractivity contribution in [3.8, 4) is 17.2 Å². The van der Waals surface area contributed by atoms with Gasteiger partial charge in [0.05, 0.1) is 45.7 Å². The summed E-state index contributed by atoms with van der Waals surface area (Å²) in [6, 6.07) is 15.5. The molecule has 10 nitrogen and oxygen atoms in total. The fourth-order valence-electron chi connectivity index (χ4n) is 5.10. The van der Waals surface area contributed by atoms with Crippen LogP contribution in [0.5, 0.6) is 17.2 Å². The number of esters is 2. The zero-order valence-electron chi connectivity index (χ0n) is 26.9. The van der Waals surface area contributed by atoms with Crippen LogP contribution in [0.3, 0.4) is 0 Å². The Labute approximate surface area is 318 Å². The van der Waals surface area contributed by atoms with Gasteiger partial charge in [-0.05, 0) is 120 Å². The van der Waals surface area contributed by atoms with Gasteiger partial charge in [-0.3, -0.25) is 9.36 Å². The molecule has 49 heavy (non-hydrogen) atoms. The number of rotatable bonds is 12. The molecule has 1 aromatic heterocycles. The predicted molar refractivity (Wildman–Crippen MR) is 203 cm³/mol. The molecule has 0 saturated heterocycles. The summed E-state index contributed by atoms with van der Waals surface area (Å²) in [5.41, 5.74) is 2.54. The van der Waals surface area contributed by atoms with Gasteiger partial charge in [0.2, 0.25) is 0 Å². The highest BCUT2D eigenvalue weighted by Gasteiger charge is 2.34. The van der Waals surface area contributed by atoms with E-state index < -0.39 is 18.0 Å². The molecule has 2 heterocycles. The molecule has 0 N–H and O–H groups in total. The Balaban J connectivity index is 1.64. The highest BCUT2D eigenvalue weighted by Crippen LogP contribution is 2.37. The number of halogens is 3. The number of carbonyl (C=O) groups is 2. The number of aromatic nitrogens is 1. The van der Waals surface area contributed by atoms with Crippen LogP contribution in [0.1, 0.15) is 43.5 Å². The second-order valence-electron chi connectivity index (χ2n) is 10.5. The molecular weight excluding hydrogens is 898 g/mol. The van der Waals surface area contributed by atoms with Crippen molar-refractivity contribution in [1.29, 1.82) is 0 Å². The number of carbonyl (C=O) groups excluding carboxylic acids is 2. The Morgan fingerprint density at radius 2 is 1.76 bits per heavy atom. The summed E-state index contributed by atoms with van der Waals surface area (Å²) in [5, 5.41) is 0.639. The van der Waals surface area contributed by atoms with Crippen molar-refractivity contribution in [2.75, 3.05) is 26.9 Å². The van der Waals surface area contributed by atoms with E-state index in [1.807, 2.05) is 43.3 Å². The fraction of sp³-hybridized carbons (Fsp3) is 0.257. The van der Waals surface area contributed by atoms with Gasteiger partial charge in [0.1, 0.15) is 12.4 Å². The van der Waals surface area contributed by atoms with E-state index in [0.29, 0.717) is 56.1 Å². The minimum atomic E-state index is -0.886. The maximum atomic E-state index is 14.4. The summed E-state index contributed by atoms with van der Waals surface area (Å²) in [6.07, 6.45) is 1.79. The minimum Gasteiger partial charge on any atom is -0.490 e. The normalized spacial score (nSPS) is 14.2. The second kappa shape index (κ2) is 16.5. The summed E-state index contributed by atoms with van der Waals surface area (Å²) in [4.78, 5) is 44.7. The van der Waals surface area contributed by atoms with Crippen molar-refractivity contribution < 1.29 is 33.3 Å². The Hall–Kier alpha value is -3.41. The summed E-state index contributed by atoms with van der Waals surface area (Å²) >= 11 is 11.7. The van der Waals surface area contributed by atoms with Crippen LogP contribution in [0, 0.1) is 7.14 Å². The Bertz CT molecular complexity index is 2110. The third-order valence-corrected chi connectivity index (χ3v) is 9.95. The van der Waals surface area contributed by atoms with Gasteiger partial charge < -0.3 is 23.7 Å². The lowest BCUT2D eigenvalue weighted by atomic mass is 9.95. The molecule has 14 heteroatoms. The zero-order valence-corrected chi connectivity index (χ0v) is 32.8. The first kappa shape index (κ1) is 36.9. The molecule has 0 unspecified atom stereocenters. The van der Waals surface area contributed by atoms with Crippen LogP contribution in [-0.2, 0) is 25.7 Å². The first-order chi connectivity index (χ1) is 23.5. The van der Waals surface area contributed by atoms with Gasteiger partial charge in [0, 0.05) is 14.2 Å². The van der Waals surface area contributed by atoms with Crippen molar-refractivity contribution in [3.63, 3.8) is 0 Å². The van der Waals surface area contributed by atoms with E-state index in [9.17, 15) is 14.4 Å². The van der Waals surface area contributed by atoms with Crippen molar-refractivity contribution >= 4 is 86.1 Å². The van der Waals surface area contributed by atoms with E-state index in [1.165, 1.54) is 23.0 Å². The quantitative estimate of drug-likeness (QED) is 0.122. The number of hydrogen-bond acceptors (Lipinski definition) is 10. The average Bonchev–Trinajstić information content (AvgIpc) is 3.37. The molecule has 256 valence electrons. The third-order valence-electron chi connectivity index (χ3n) is 7.29. The van der Waals surface area contributed by atoms with Crippen LogP contribution in [0.15, 0.2) is 75.7 Å². The SMILES string of the molecule is CCOC(=O)C1=C(C)N=c2s/c(=C/c3cc(I)cc(I)c3OCc3ccc(Cl)cc3)c(=O)n2[C@H]1c1ccc(OCC(=O)OC)c(OCC)c1. The van der Waals surface area contributed by atoms with Crippen LogP contribution >= 0.6 is 68.1 Å². The smallest absolute Gasteiger partial charge is 0.343 e. The lowest BCUT2D eigenvalue weighted by Gasteiger charge is -2.25. The van der Waals surface area contributed by atoms with E-state index >= 15 is 0 Å². The molecule has 0 bridgehead atoms. The largest absolute Gasteiger partial charge is 0.490 e. The van der Waals surface area contributed by atoms with Gasteiger partial charge in [-0.2, -0.15) is 0 Å². The lowest BCUT2D eigenvalue weighted by molar-refractivity contribution is -0.143. The molecule has 0 saturated carbocycles. The molecule has 1 aliphatic rings. The van der Waals surface area contributed by atoms with Crippen molar-refractivity contribution in [2.45, 2.75) is 33.4 Å². The molecule has 0 amide bonds. The minimum absolute atomic E-state index is 0.140. The summed E-state index contributed by atoms with van der Waals surface area (Å²) in [6.45, 7) is 5.68. The van der Waals surface area contributed by atoms with Gasteiger partial charge in [0.15, 0.2) is 22.9 Å². The van der Waals surface area contributed by atoms with E-state index in [0.717, 1.165) is 18.3 Å². The Morgan fingerprint density at radius 3 is 2.45 bits per heavy atom. The van der Waals surface area contributed by atoms with Crippen LogP contribution < -0.4 is 29.1 Å². The molecule has 0 aliphatic carbocycles. The van der Waals surface area contributed by atoms with Crippen LogP contribution in [-0.4, -0.2) is 43.4 Å². The molecule has 1 atom stereocenters. The number of thiazole rings is 1. The van der Waals surface area contributed by atoms with Crippen LogP contribution in [0.25, 0.3) is 6.08 Å². The van der Waals surface area contributed by atoms with E-state index in [2.05, 4.69) is 45.2 Å². The highest BCUT2D eigenvalue weighted by atomic mass is 127. The van der Waals surface area contributed by atoms with E-state index in [-0.39, 0.29) is 24.3 Å². The Morgan fingerprint density at radius 1 is 1.00 bits per heavy atom. The number of methoxy groups -OCH3 is 1. The monoisotopic (exact) mass is 928 g/mol. The van der Waals surface area contributed by atoms with Gasteiger partial charge in [-0.15, -0.1) is 0 Å². The second-order valence-corrected chi connectivity index (χ2v) is 14.4. The summed E-state index contributed by atoms with van der Waals surface area (Å²) < 4.78 is 31.7. The molecule has 0 radical (unpaired) electrons. The van der Waals surface area contributed by atoms with E-state index in [1.54, 1.807) is 38.1 Å². The number of allylic oxidation sites excluding steroid dienone is 1. The number of fused-ring (bicyclic) bond motifs is 1. The van der Waals surface area contributed by atoms with Crippen LogP contribution in [0.4, 0.5) is 0 Å². The maximum Gasteiger partial charge on any atom is 0.343 e. The molecule has 0 fully saturated rings. The van der Waals surface area contributed by atoms with E-state index in [4.69, 9.17) is 40.3 Å². The van der Waals surface area contributed by atoms with Crippen LogP contribution in [0.2, 0.25) is 5.02 Å². The number of ether oxygens (including phenoxy) is 5. The third kappa shape index (κ3) is 8.49. The number of benzene rings is 3. The van der Waals surface area contributed by atoms with Gasteiger partial charge in [-0.1, -0.05) is 41.1 Å². The van der Waals surface area contributed by atoms with Crippen molar-refractivity contribution in [3.05, 3.63) is 114 Å². The molecule has 5 rings (SSSR count). The van der Waals surface area contributed by atoms with Gasteiger partial charge in [0.25, 0.3) is 5.56 Å². The number of nitrogens with zero attached hydrogens (tertiary/aromatic N) is 2. The highest BCUT2D eigenvalue weighted by molar-refractivity contribution is 14.1. The van der Waals surface area contributed by atoms with Gasteiger partial charge in [-0.25, -0.2) is 14.6 Å². The maximum absolute atomic E-state index is 14.4. The molecule has 0 spiro atoms. The number of hydrogen-bond donors (Lipinski definition) is 0. The predicted octanol–water partition coefficient (Wildman–Crippen LogP) is 6.19. The van der Waals surface area contributed by atoms with Crippen molar-refractivity contribution in [1.82, 2.24) is 4.57 Å². The average molecular weight is 929 g/mol. The van der Waals surface area contributed by atoms with Gasteiger partial charge >= 0.3 is 11.9 Å². The Kier molecular flexibility index (Phi) is 12.4. The standard InChI is InChI=1S/C35H31ClI2N2O8S/c1-5-45-27-14-21(9-12-26(27)47-18-29(41)44-4)31-30(34(43)46-6-2)19(3)39-35-40(31)33(42)28(49-35)15-22-13-24(37)16-25(38)32(22)48-17-20-7-10-23(36)11-8-20/h7-16,31H,5-6,17-18H2,1-4H3/b28-15+/t31-/m0/s1. The molecule has 3 aromatic carbocycles. The lowest BCUT2D eigenvalue weighted by Crippen LogP contribution is -2.40. The topological polar surface area (TPSA) is 115 Å². The zero-order chi connectivity index (χ0) is 35.2. The first-order valence-corrected chi connectivity index (χ1v) is 18.4. The van der Waals surface area contributed by atoms with Crippen molar-refractivity contribution in [2.24, 2.45) is 4.99 Å². The summed E-state index contributed by atoms with van der Waals surface area (Å²) in [5.74, 6) is 0.131. The molecule has 1 aliphatic heterocycles. The molecular formula is C35H31ClI2N2O8S. The fourth-order valence-corrected chi connectivity index (χ4v) is 8.31. The first-order valence-electron chi connectivity index (χ1n) is 15.1. The summed E-state index contributed by atoms with van der Waals surface area (Å²) in [7, 11) is 1.27. The molecule has 4 aromatic rings.